The topological polar surface area (TPSA) is 250 Å². The Labute approximate surface area is 512 Å². The number of hydrogen-bond acceptors (Lipinski definition) is 18. The van der Waals surface area contributed by atoms with E-state index in [4.69, 9.17) is 9.47 Å². The van der Waals surface area contributed by atoms with Gasteiger partial charge in [0.05, 0.1) is 13.1 Å². The molecule has 4 N–H and O–H groups in total. The van der Waals surface area contributed by atoms with Crippen LogP contribution in [0.25, 0.3) is 22.3 Å². The number of fused-ring (bicyclic) bond motifs is 11. The molecule has 2 aliphatic carbocycles. The number of hydrogen-bond donors (Lipinski definition) is 4. The number of carbonyl (C=O) groups is 10. The van der Waals surface area contributed by atoms with Crippen LogP contribution in [0.15, 0.2) is 97.1 Å². The van der Waals surface area contributed by atoms with E-state index >= 15 is 0 Å². The number of benzene rings is 4. The van der Waals surface area contributed by atoms with Crippen molar-refractivity contribution < 1.29 is 57.4 Å². The average Bonchev–Trinajstić information content (AvgIpc) is 4.19. The highest BCUT2D eigenvalue weighted by Gasteiger charge is 2.40. The third-order valence-corrected chi connectivity index (χ3v) is 21.0. The molecule has 0 aromatic heterocycles. The van der Waals surface area contributed by atoms with Gasteiger partial charge in [-0.15, -0.1) is 0 Å². The van der Waals surface area contributed by atoms with Gasteiger partial charge in [0.15, 0.2) is 0 Å². The van der Waals surface area contributed by atoms with Gasteiger partial charge in [-0.1, -0.05) is 142 Å². The maximum Gasteiger partial charge on any atom is 0.407 e. The Morgan fingerprint density at radius 2 is 0.821 bits per heavy atom. The first-order valence-corrected chi connectivity index (χ1v) is 34.1. The molecule has 8 amide bonds. The van der Waals surface area contributed by atoms with Crippen molar-refractivity contribution in [3.05, 3.63) is 119 Å². The summed E-state index contributed by atoms with van der Waals surface area (Å²) in [7, 11) is 7.85. The largest absolute Gasteiger partial charge is 0.449 e. The van der Waals surface area contributed by atoms with Gasteiger partial charge in [-0.2, -0.15) is 23.5 Å². The first-order chi connectivity index (χ1) is 40.4. The molecule has 4 aromatic carbocycles. The van der Waals surface area contributed by atoms with Gasteiger partial charge in [-0.05, 0) is 57.0 Å². The number of likely N-dealkylation sites (N-methyl/N-ethyl adjacent to an activating group) is 4. The van der Waals surface area contributed by atoms with E-state index in [0.29, 0.717) is 23.5 Å². The molecular formula is C58H66N8O12S6. The van der Waals surface area contributed by atoms with Crippen molar-refractivity contribution >= 4 is 126 Å². The van der Waals surface area contributed by atoms with Gasteiger partial charge in [-0.25, -0.2) is 9.59 Å². The Kier molecular flexibility index (Phi) is 22.5. The van der Waals surface area contributed by atoms with E-state index in [2.05, 4.69) is 21.3 Å². The second kappa shape index (κ2) is 29.7. The van der Waals surface area contributed by atoms with E-state index in [0.717, 1.165) is 75.9 Å². The standard InChI is InChI=1S/C58H66N8O12S6/c1-63-45-31-83-84-32-46(54(72)66(4)48(30-80-6)56(74)82-27-43(51(69)59-23-49(63)67)61-57(75)77-25-41-37-19-11-7-15-33(37)34-16-8-12-20-38(34)41)64(2)50(68)24-60-52(70)44(28-81-55(73)47(29-79-5)65(3)53(45)71)62-58(76)78-26-42-39-21-13-9-17-35(39)36-18-10-14-22-40(36)42/h7-22,41-48H,23-32H2,1-6H3,(H,59,69)(H,60,70)(H,61,75)(H,62,76)/t43-,44-,45+,46+,47+,48+/m1/s1. The molecule has 446 valence electrons. The molecular weight excluding hydrogens is 1190 g/mol. The lowest BCUT2D eigenvalue weighted by Gasteiger charge is -2.35. The number of rotatable bonds is 10. The van der Waals surface area contributed by atoms with Crippen molar-refractivity contribution in [3.8, 4) is 22.3 Å². The first kappa shape index (κ1) is 63.7. The molecule has 20 nitrogen and oxygen atoms in total. The van der Waals surface area contributed by atoms with Crippen LogP contribution in [0.2, 0.25) is 0 Å². The predicted molar refractivity (Wildman–Crippen MR) is 333 cm³/mol. The fraction of sp³-hybridized carbons (Fsp3) is 0.414. The highest BCUT2D eigenvalue weighted by Crippen LogP contribution is 2.46. The molecule has 4 aliphatic rings. The third kappa shape index (κ3) is 14.8. The van der Waals surface area contributed by atoms with Crippen molar-refractivity contribution in [2.24, 2.45) is 0 Å². The molecule has 2 heterocycles. The Morgan fingerprint density at radius 1 is 0.500 bits per heavy atom. The van der Waals surface area contributed by atoms with Crippen molar-refractivity contribution in [3.63, 3.8) is 0 Å². The summed E-state index contributed by atoms with van der Waals surface area (Å²) >= 11 is 3.92. The summed E-state index contributed by atoms with van der Waals surface area (Å²) in [6.45, 7) is -1.46. The van der Waals surface area contributed by atoms with Gasteiger partial charge in [0.2, 0.25) is 45.7 Å². The van der Waals surface area contributed by atoms with Crippen LogP contribution < -0.4 is 21.3 Å². The lowest BCUT2D eigenvalue weighted by Crippen LogP contribution is -2.57. The molecule has 6 atom stereocenters. The molecule has 2 aliphatic heterocycles. The molecule has 4 aromatic rings. The number of nitrogens with one attached hydrogen (secondary N) is 4. The van der Waals surface area contributed by atoms with Gasteiger partial charge >= 0.3 is 12.2 Å². The van der Waals surface area contributed by atoms with Crippen LogP contribution in [0, 0.1) is 0 Å². The summed E-state index contributed by atoms with van der Waals surface area (Å²) in [4.78, 5) is 147. The van der Waals surface area contributed by atoms with Crippen LogP contribution in [0.4, 0.5) is 9.59 Å². The molecule has 0 radical (unpaired) electrons. The average molecular weight is 1260 g/mol. The predicted octanol–water partition coefficient (Wildman–Crippen LogP) is 5.00. The minimum Gasteiger partial charge on any atom is -0.449 e. The fourth-order valence-electron chi connectivity index (χ4n) is 10.3. The van der Waals surface area contributed by atoms with Crippen molar-refractivity contribution in [2.45, 2.75) is 48.1 Å². The van der Waals surface area contributed by atoms with E-state index < -0.39 is 107 Å². The maximum atomic E-state index is 14.9. The Hall–Kier alpha value is -6.32. The van der Waals surface area contributed by atoms with Crippen molar-refractivity contribution in [2.75, 3.05) is 102 Å². The van der Waals surface area contributed by atoms with Gasteiger partial charge in [0, 0.05) is 74.5 Å². The minimum absolute atomic E-state index is 0.0830. The second-order valence-electron chi connectivity index (χ2n) is 20.2. The van der Waals surface area contributed by atoms with Gasteiger partial charge in [0.25, 0.3) is 0 Å². The molecule has 0 unspecified atom stereocenters. The zero-order valence-electron chi connectivity index (χ0n) is 47.1. The minimum atomic E-state index is -1.45. The molecule has 2 bridgehead atoms. The number of carbonyl (C=O) groups excluding carboxylic acids is 10. The highest BCUT2D eigenvalue weighted by atomic mass is 33.1. The smallest absolute Gasteiger partial charge is 0.407 e. The number of amides is 8. The molecule has 26 heteroatoms. The number of alkyl carbamates (subject to hydrolysis) is 2. The summed E-state index contributed by atoms with van der Waals surface area (Å²) in [5, 5.41) is 9.26. The molecule has 8 rings (SSSR count). The third-order valence-electron chi connectivity index (χ3n) is 15.2. The Balaban J connectivity index is 1.04. The highest BCUT2D eigenvalue weighted by molar-refractivity contribution is 8.76. The number of nitrogens with zero attached hydrogens (tertiary/aromatic N) is 4. The zero-order valence-corrected chi connectivity index (χ0v) is 52.0. The summed E-state index contributed by atoms with van der Waals surface area (Å²) in [5.41, 5.74) is 7.88. The van der Waals surface area contributed by atoms with Gasteiger partial charge in [0.1, 0.15) is 49.5 Å². The Bertz CT molecular complexity index is 2860. The maximum absolute atomic E-state index is 14.9. The van der Waals surface area contributed by atoms with E-state index in [-0.39, 0.29) is 59.6 Å². The van der Waals surface area contributed by atoms with Gasteiger partial charge < -0.3 is 50.3 Å². The van der Waals surface area contributed by atoms with Crippen LogP contribution in [0.3, 0.4) is 0 Å². The van der Waals surface area contributed by atoms with Crippen LogP contribution in [0.5, 0.6) is 0 Å². The van der Waals surface area contributed by atoms with E-state index in [1.54, 1.807) is 12.5 Å². The molecule has 2 saturated heterocycles. The zero-order chi connectivity index (χ0) is 60.2. The van der Waals surface area contributed by atoms with E-state index in [1.165, 1.54) is 61.5 Å². The quantitative estimate of drug-likeness (QED) is 0.153. The van der Waals surface area contributed by atoms with Crippen LogP contribution in [-0.4, -0.2) is 215 Å². The fourth-order valence-corrected chi connectivity index (χ4v) is 16.4. The number of thioether (sulfide) groups is 4. The molecule has 2 fully saturated rings. The van der Waals surface area contributed by atoms with Gasteiger partial charge in [-0.3, -0.25) is 38.4 Å². The summed E-state index contributed by atoms with van der Waals surface area (Å²) in [6.07, 6.45) is 1.56. The summed E-state index contributed by atoms with van der Waals surface area (Å²) < 4.78 is 11.6. The normalized spacial score (nSPS) is 22.7. The van der Waals surface area contributed by atoms with Crippen LogP contribution >= 0.6 is 68.6 Å². The van der Waals surface area contributed by atoms with Crippen molar-refractivity contribution in [1.82, 2.24) is 40.9 Å². The van der Waals surface area contributed by atoms with Crippen LogP contribution in [0.1, 0.15) is 34.1 Å². The monoisotopic (exact) mass is 1260 g/mol. The molecule has 84 heavy (non-hydrogen) atoms. The molecule has 0 saturated carbocycles. The summed E-state index contributed by atoms with van der Waals surface area (Å²) in [6, 6.07) is 23.5. The Morgan fingerprint density at radius 3 is 1.14 bits per heavy atom. The first-order valence-electron chi connectivity index (χ1n) is 26.8. The lowest BCUT2D eigenvalue weighted by atomic mass is 9.98. The molecule has 0 spiro atoms. The second-order valence-corrected chi connectivity index (χ2v) is 26.6. The number of ether oxygens (including phenoxy) is 2. The van der Waals surface area contributed by atoms with E-state index in [1.807, 2.05) is 97.1 Å². The SMILES string of the molecule is CSC[C@H]1C(=O)SC[C@@H](NC(=O)OCC2c3ccccc3-c3ccccc32)C(=O)NCC(=O)N(C)[C@H]2CSSC[C@@H](C(=O)N1C)N(C)C(=O)CNC(=O)[C@H](NC(=O)OCC1c3ccccc3-c3ccccc31)CSC(=O)[C@H](CSC)N(C)C2=O. The van der Waals surface area contributed by atoms with Crippen molar-refractivity contribution in [1.29, 1.82) is 0 Å². The van der Waals surface area contributed by atoms with Crippen LogP contribution in [-0.2, 0) is 47.8 Å². The summed E-state index contributed by atoms with van der Waals surface area (Å²) in [5.74, 6) is -5.74. The van der Waals surface area contributed by atoms with E-state index in [9.17, 15) is 47.9 Å². The lowest BCUT2D eigenvalue weighted by molar-refractivity contribution is -0.144.